The number of fused-ring (bicyclic) bond motifs is 2. The van der Waals surface area contributed by atoms with Crippen LogP contribution in [-0.4, -0.2) is 55.8 Å². The molecule has 0 radical (unpaired) electrons. The van der Waals surface area contributed by atoms with E-state index in [0.717, 1.165) is 72.0 Å². The Morgan fingerprint density at radius 2 is 1.82 bits per heavy atom. The summed E-state index contributed by atoms with van der Waals surface area (Å²) in [6.07, 6.45) is 5.40. The van der Waals surface area contributed by atoms with Crippen molar-refractivity contribution in [2.24, 2.45) is 0 Å². The zero-order chi connectivity index (χ0) is 22.0. The van der Waals surface area contributed by atoms with Crippen LogP contribution >= 0.6 is 0 Å². The molecule has 1 aliphatic heterocycles. The van der Waals surface area contributed by atoms with Crippen LogP contribution in [0.25, 0.3) is 27.9 Å². The van der Waals surface area contributed by atoms with E-state index in [1.54, 1.807) is 16.9 Å². The molecule has 1 fully saturated rings. The SMILES string of the molecule is C(#Cc1cnc2ccc(-c3ccc(CN4CCOCC4)cc3)nn12)c1ccnc2[nH]ccc12. The molecule has 0 aliphatic carbocycles. The second-order valence-corrected chi connectivity index (χ2v) is 8.07. The van der Waals surface area contributed by atoms with Crippen LogP contribution in [0.15, 0.2) is 67.1 Å². The zero-order valence-electron chi connectivity index (χ0n) is 18.0. The quantitative estimate of drug-likeness (QED) is 0.440. The second kappa shape index (κ2) is 8.51. The number of aromatic amines is 1. The summed E-state index contributed by atoms with van der Waals surface area (Å²) in [7, 11) is 0. The molecular formula is C26H22N6O. The van der Waals surface area contributed by atoms with Crippen LogP contribution in [0.3, 0.4) is 0 Å². The lowest BCUT2D eigenvalue weighted by atomic mass is 10.1. The number of hydrogen-bond acceptors (Lipinski definition) is 5. The van der Waals surface area contributed by atoms with E-state index >= 15 is 0 Å². The lowest BCUT2D eigenvalue weighted by molar-refractivity contribution is 0.0342. The molecule has 0 saturated carbocycles. The summed E-state index contributed by atoms with van der Waals surface area (Å²) in [5.74, 6) is 6.48. The van der Waals surface area contributed by atoms with Gasteiger partial charge < -0.3 is 9.72 Å². The molecule has 1 saturated heterocycles. The molecule has 1 aromatic carbocycles. The molecular weight excluding hydrogens is 412 g/mol. The van der Waals surface area contributed by atoms with E-state index in [4.69, 9.17) is 9.84 Å². The first-order valence-electron chi connectivity index (χ1n) is 11.0. The van der Waals surface area contributed by atoms with Gasteiger partial charge in [-0.05, 0) is 35.7 Å². The minimum atomic E-state index is 0.747. The van der Waals surface area contributed by atoms with Gasteiger partial charge in [-0.1, -0.05) is 30.2 Å². The first-order valence-corrected chi connectivity index (χ1v) is 11.0. The van der Waals surface area contributed by atoms with Gasteiger partial charge in [0.05, 0.1) is 25.1 Å². The fourth-order valence-corrected chi connectivity index (χ4v) is 4.11. The first kappa shape index (κ1) is 19.7. The fraction of sp³-hybridized carbons (Fsp3) is 0.192. The van der Waals surface area contributed by atoms with Crippen LogP contribution in [0.1, 0.15) is 16.8 Å². The predicted molar refractivity (Wildman–Crippen MR) is 127 cm³/mol. The average Bonchev–Trinajstić information content (AvgIpc) is 3.51. The third-order valence-corrected chi connectivity index (χ3v) is 5.91. The summed E-state index contributed by atoms with van der Waals surface area (Å²) < 4.78 is 7.24. The molecule has 0 amide bonds. The lowest BCUT2D eigenvalue weighted by Gasteiger charge is -2.26. The van der Waals surface area contributed by atoms with E-state index in [1.165, 1.54) is 5.56 Å². The summed E-state index contributed by atoms with van der Waals surface area (Å²) >= 11 is 0. The molecule has 0 unspecified atom stereocenters. The molecule has 7 nitrogen and oxygen atoms in total. The van der Waals surface area contributed by atoms with Crippen LogP contribution in [-0.2, 0) is 11.3 Å². The number of aromatic nitrogens is 5. The average molecular weight is 435 g/mol. The number of nitrogens with zero attached hydrogens (tertiary/aromatic N) is 5. The summed E-state index contributed by atoms with van der Waals surface area (Å²) in [6, 6.07) is 16.5. The number of ether oxygens (including phenoxy) is 1. The second-order valence-electron chi connectivity index (χ2n) is 8.07. The highest BCUT2D eigenvalue weighted by Gasteiger charge is 2.11. The third kappa shape index (κ3) is 3.98. The van der Waals surface area contributed by atoms with Crippen LogP contribution < -0.4 is 0 Å². The maximum Gasteiger partial charge on any atom is 0.154 e. The van der Waals surface area contributed by atoms with E-state index in [9.17, 15) is 0 Å². The molecule has 0 atom stereocenters. The Balaban J connectivity index is 1.28. The Hall–Kier alpha value is -3.99. The number of imidazole rings is 1. The van der Waals surface area contributed by atoms with Crippen LogP contribution in [0.4, 0.5) is 0 Å². The van der Waals surface area contributed by atoms with Crippen molar-refractivity contribution >= 4 is 16.7 Å². The van der Waals surface area contributed by atoms with Gasteiger partial charge in [-0.15, -0.1) is 0 Å². The van der Waals surface area contributed by atoms with Gasteiger partial charge >= 0.3 is 0 Å². The number of H-pyrrole nitrogens is 1. The number of hydrogen-bond donors (Lipinski definition) is 1. The van der Waals surface area contributed by atoms with E-state index in [-0.39, 0.29) is 0 Å². The maximum absolute atomic E-state index is 5.44. The van der Waals surface area contributed by atoms with Crippen LogP contribution in [0.5, 0.6) is 0 Å². The molecule has 1 N–H and O–H groups in total. The third-order valence-electron chi connectivity index (χ3n) is 5.91. The van der Waals surface area contributed by atoms with E-state index in [2.05, 4.69) is 56.0 Å². The smallest absolute Gasteiger partial charge is 0.154 e. The number of morpholine rings is 1. The fourth-order valence-electron chi connectivity index (χ4n) is 4.11. The van der Waals surface area contributed by atoms with E-state index in [1.807, 2.05) is 30.5 Å². The van der Waals surface area contributed by atoms with Crippen molar-refractivity contribution in [3.8, 4) is 23.1 Å². The highest BCUT2D eigenvalue weighted by atomic mass is 16.5. The van der Waals surface area contributed by atoms with Gasteiger partial charge in [-0.2, -0.15) is 5.10 Å². The normalized spacial score (nSPS) is 14.4. The molecule has 6 rings (SSSR count). The summed E-state index contributed by atoms with van der Waals surface area (Å²) in [6.45, 7) is 4.55. The molecule has 162 valence electrons. The number of pyridine rings is 1. The largest absolute Gasteiger partial charge is 0.379 e. The molecule has 5 heterocycles. The number of nitrogens with one attached hydrogen (secondary N) is 1. The molecule has 0 bridgehead atoms. The Bertz CT molecular complexity index is 1480. The molecule has 1 aliphatic rings. The van der Waals surface area contributed by atoms with E-state index in [0.29, 0.717) is 0 Å². The van der Waals surface area contributed by atoms with Gasteiger partial charge in [-0.25, -0.2) is 14.5 Å². The van der Waals surface area contributed by atoms with Crippen LogP contribution in [0.2, 0.25) is 0 Å². The molecule has 0 spiro atoms. The maximum atomic E-state index is 5.44. The Morgan fingerprint density at radius 3 is 2.70 bits per heavy atom. The highest BCUT2D eigenvalue weighted by Crippen LogP contribution is 2.20. The zero-order valence-corrected chi connectivity index (χ0v) is 18.0. The van der Waals surface area contributed by atoms with Gasteiger partial charge in [0.15, 0.2) is 5.65 Å². The summed E-state index contributed by atoms with van der Waals surface area (Å²) in [4.78, 5) is 14.3. The van der Waals surface area contributed by atoms with Crippen molar-refractivity contribution in [1.29, 1.82) is 0 Å². The van der Waals surface area contributed by atoms with Crippen molar-refractivity contribution < 1.29 is 4.74 Å². The van der Waals surface area contributed by atoms with Gasteiger partial charge in [0.1, 0.15) is 11.3 Å². The summed E-state index contributed by atoms with van der Waals surface area (Å²) in [5, 5.41) is 5.83. The van der Waals surface area contributed by atoms with Crippen molar-refractivity contribution in [1.82, 2.24) is 29.5 Å². The first-order chi connectivity index (χ1) is 16.3. The Labute approximate surface area is 191 Å². The monoisotopic (exact) mass is 434 g/mol. The molecule has 7 heteroatoms. The Morgan fingerprint density at radius 1 is 0.939 bits per heavy atom. The number of rotatable bonds is 3. The van der Waals surface area contributed by atoms with Gasteiger partial charge in [-0.3, -0.25) is 4.90 Å². The lowest BCUT2D eigenvalue weighted by Crippen LogP contribution is -2.35. The van der Waals surface area contributed by atoms with Crippen molar-refractivity contribution in [3.63, 3.8) is 0 Å². The Kier molecular flexibility index (Phi) is 5.07. The van der Waals surface area contributed by atoms with Crippen molar-refractivity contribution in [3.05, 3.63) is 83.9 Å². The molecule has 4 aromatic heterocycles. The van der Waals surface area contributed by atoms with Crippen molar-refractivity contribution in [2.45, 2.75) is 6.54 Å². The summed E-state index contributed by atoms with van der Waals surface area (Å²) in [5.41, 5.74) is 6.52. The molecule has 5 aromatic rings. The standard InChI is InChI=1S/C26H22N6O/c1-3-21(4-2-19(1)18-31-13-15-33-16-14-31)24-7-8-25-29-17-22(32(25)30-24)6-5-20-9-11-27-26-23(20)10-12-28-26/h1-4,7-12,17H,13-16,18H2,(H,27,28). The number of benzene rings is 1. The minimum Gasteiger partial charge on any atom is -0.379 e. The van der Waals surface area contributed by atoms with Gasteiger partial charge in [0.25, 0.3) is 0 Å². The minimum absolute atomic E-state index is 0.747. The van der Waals surface area contributed by atoms with Gasteiger partial charge in [0, 0.05) is 48.5 Å². The van der Waals surface area contributed by atoms with Gasteiger partial charge in [0.2, 0.25) is 0 Å². The topological polar surface area (TPSA) is 71.3 Å². The highest BCUT2D eigenvalue weighted by molar-refractivity contribution is 5.82. The van der Waals surface area contributed by atoms with E-state index < -0.39 is 0 Å². The predicted octanol–water partition coefficient (Wildman–Crippen LogP) is 3.50. The van der Waals surface area contributed by atoms with Crippen molar-refractivity contribution in [2.75, 3.05) is 26.3 Å². The molecule has 33 heavy (non-hydrogen) atoms. The van der Waals surface area contributed by atoms with Crippen LogP contribution in [0, 0.1) is 11.8 Å².